The molecular formula is C17H22ClF3N2O3. The number of hydrogen-bond donors (Lipinski definition) is 0. The van der Waals surface area contributed by atoms with Gasteiger partial charge in [0.1, 0.15) is 11.2 Å². The molecule has 5 nitrogen and oxygen atoms in total. The summed E-state index contributed by atoms with van der Waals surface area (Å²) >= 11 is 5.71. The Hall–Kier alpha value is -1.54. The number of pyridine rings is 1. The van der Waals surface area contributed by atoms with Crippen LogP contribution in [0.1, 0.15) is 44.9 Å². The first-order chi connectivity index (χ1) is 11.9. The third-order valence-electron chi connectivity index (χ3n) is 4.09. The van der Waals surface area contributed by atoms with Gasteiger partial charge in [-0.3, -0.25) is 4.98 Å². The van der Waals surface area contributed by atoms with Crippen molar-refractivity contribution < 1.29 is 27.4 Å². The maximum atomic E-state index is 13.5. The first kappa shape index (κ1) is 20.8. The molecule has 0 bridgehead atoms. The van der Waals surface area contributed by atoms with E-state index < -0.39 is 29.0 Å². The molecule has 26 heavy (non-hydrogen) atoms. The molecular weight excluding hydrogens is 373 g/mol. The Morgan fingerprint density at radius 3 is 2.54 bits per heavy atom. The van der Waals surface area contributed by atoms with Crippen LogP contribution >= 0.6 is 11.6 Å². The number of likely N-dealkylation sites (tertiary alicyclic amines) is 1. The van der Waals surface area contributed by atoms with Crippen LogP contribution in [-0.4, -0.2) is 41.8 Å². The number of halogens is 4. The molecule has 1 unspecified atom stereocenters. The van der Waals surface area contributed by atoms with Gasteiger partial charge < -0.3 is 14.4 Å². The summed E-state index contributed by atoms with van der Waals surface area (Å²) in [4.78, 5) is 17.6. The average Bonchev–Trinajstić information content (AvgIpc) is 2.52. The van der Waals surface area contributed by atoms with Crippen molar-refractivity contribution in [3.05, 3.63) is 28.5 Å². The minimum absolute atomic E-state index is 0.0872. The molecule has 1 amide bonds. The van der Waals surface area contributed by atoms with Crippen molar-refractivity contribution in [2.24, 2.45) is 0 Å². The van der Waals surface area contributed by atoms with Crippen LogP contribution in [0.25, 0.3) is 0 Å². The zero-order valence-electron chi connectivity index (χ0n) is 15.1. The maximum Gasteiger partial charge on any atom is 0.418 e. The summed E-state index contributed by atoms with van der Waals surface area (Å²) in [6.07, 6.45) is -3.34. The van der Waals surface area contributed by atoms with Crippen LogP contribution in [0.5, 0.6) is 0 Å². The van der Waals surface area contributed by atoms with E-state index in [9.17, 15) is 18.0 Å². The number of nitrogens with zero attached hydrogens (tertiary/aromatic N) is 2. The molecule has 1 saturated heterocycles. The van der Waals surface area contributed by atoms with E-state index in [1.54, 1.807) is 20.8 Å². The lowest BCUT2D eigenvalue weighted by molar-refractivity contribution is -0.144. The molecule has 9 heteroatoms. The first-order valence-electron chi connectivity index (χ1n) is 8.14. The first-order valence-corrected chi connectivity index (χ1v) is 8.52. The quantitative estimate of drug-likeness (QED) is 0.734. The minimum Gasteiger partial charge on any atom is -0.444 e. The van der Waals surface area contributed by atoms with E-state index in [0.29, 0.717) is 19.4 Å². The third kappa shape index (κ3) is 4.59. The maximum absolute atomic E-state index is 13.5. The Morgan fingerprint density at radius 1 is 1.35 bits per heavy atom. The zero-order chi connectivity index (χ0) is 19.8. The van der Waals surface area contributed by atoms with Crippen LogP contribution in [0.2, 0.25) is 5.02 Å². The molecule has 0 saturated carbocycles. The van der Waals surface area contributed by atoms with Gasteiger partial charge in [0.05, 0.1) is 22.8 Å². The number of methoxy groups -OCH3 is 1. The number of rotatable bonds is 2. The van der Waals surface area contributed by atoms with Gasteiger partial charge in [0.25, 0.3) is 0 Å². The third-order valence-corrected chi connectivity index (χ3v) is 4.30. The summed E-state index contributed by atoms with van der Waals surface area (Å²) in [5.74, 6) is 0. The van der Waals surface area contributed by atoms with E-state index in [4.69, 9.17) is 21.1 Å². The van der Waals surface area contributed by atoms with Crippen molar-refractivity contribution in [3.63, 3.8) is 0 Å². The molecule has 1 aliphatic rings. The van der Waals surface area contributed by atoms with Crippen molar-refractivity contribution in [1.82, 2.24) is 9.88 Å². The monoisotopic (exact) mass is 394 g/mol. The van der Waals surface area contributed by atoms with Gasteiger partial charge in [-0.25, -0.2) is 4.79 Å². The van der Waals surface area contributed by atoms with Crippen molar-refractivity contribution in [1.29, 1.82) is 0 Å². The highest BCUT2D eigenvalue weighted by Gasteiger charge is 2.47. The number of aromatic nitrogens is 1. The lowest BCUT2D eigenvalue weighted by atomic mass is 9.86. The minimum atomic E-state index is -4.65. The largest absolute Gasteiger partial charge is 0.444 e. The van der Waals surface area contributed by atoms with E-state index in [0.717, 1.165) is 12.3 Å². The summed E-state index contributed by atoms with van der Waals surface area (Å²) in [7, 11) is 1.31. The normalized spacial score (nSPS) is 21.6. The van der Waals surface area contributed by atoms with Crippen molar-refractivity contribution >= 4 is 17.7 Å². The van der Waals surface area contributed by atoms with Crippen molar-refractivity contribution in [2.45, 2.75) is 51.0 Å². The van der Waals surface area contributed by atoms with Crippen LogP contribution in [0, 0.1) is 0 Å². The second-order valence-electron chi connectivity index (χ2n) is 7.25. The number of carbonyl (C=O) groups is 1. The lowest BCUT2D eigenvalue weighted by Crippen LogP contribution is -2.51. The predicted molar refractivity (Wildman–Crippen MR) is 90.0 cm³/mol. The van der Waals surface area contributed by atoms with Crippen molar-refractivity contribution in [3.8, 4) is 0 Å². The zero-order valence-corrected chi connectivity index (χ0v) is 15.9. The molecule has 0 aromatic carbocycles. The van der Waals surface area contributed by atoms with Crippen molar-refractivity contribution in [2.75, 3.05) is 20.2 Å². The van der Waals surface area contributed by atoms with Crippen LogP contribution < -0.4 is 0 Å². The Bertz CT molecular complexity index is 676. The molecule has 1 aromatic heterocycles. The standard InChI is InChI=1S/C17H22ClF3N2O3/c1-15(2,3)26-14(24)23-7-5-6-16(10-23,25-4)13-12(17(19,20)21)8-11(18)9-22-13/h8-9H,5-7,10H2,1-4H3. The van der Waals surface area contributed by atoms with Gasteiger partial charge in [-0.1, -0.05) is 11.6 Å². The Morgan fingerprint density at radius 2 is 2.00 bits per heavy atom. The SMILES string of the molecule is COC1(c2ncc(Cl)cc2C(F)(F)F)CCCN(C(=O)OC(C)(C)C)C1. The summed E-state index contributed by atoms with van der Waals surface area (Å²) in [5.41, 5.74) is -3.33. The number of ether oxygens (including phenoxy) is 2. The van der Waals surface area contributed by atoms with Crippen LogP contribution in [-0.2, 0) is 21.3 Å². The molecule has 1 aliphatic heterocycles. The summed E-state index contributed by atoms with van der Waals surface area (Å²) in [6, 6.07) is 0.830. The molecule has 1 fully saturated rings. The molecule has 0 aliphatic carbocycles. The van der Waals surface area contributed by atoms with Gasteiger partial charge in [0.2, 0.25) is 0 Å². The molecule has 146 valence electrons. The average molecular weight is 395 g/mol. The van der Waals surface area contributed by atoms with Gasteiger partial charge in [0.15, 0.2) is 0 Å². The highest BCUT2D eigenvalue weighted by Crippen LogP contribution is 2.42. The molecule has 2 heterocycles. The topological polar surface area (TPSA) is 51.7 Å². The number of carbonyl (C=O) groups excluding carboxylic acids is 1. The number of amides is 1. The second kappa shape index (κ2) is 7.23. The Balaban J connectivity index is 2.41. The number of alkyl halides is 3. The fourth-order valence-corrected chi connectivity index (χ4v) is 3.14. The molecule has 1 aromatic rings. The molecule has 0 N–H and O–H groups in total. The summed E-state index contributed by atoms with van der Waals surface area (Å²) in [5, 5.41) is -0.118. The van der Waals surface area contributed by atoms with E-state index >= 15 is 0 Å². The fourth-order valence-electron chi connectivity index (χ4n) is 2.98. The molecule has 0 radical (unpaired) electrons. The highest BCUT2D eigenvalue weighted by atomic mass is 35.5. The Kier molecular flexibility index (Phi) is 5.77. The predicted octanol–water partition coefficient (Wildman–Crippen LogP) is 4.63. The smallest absolute Gasteiger partial charge is 0.418 e. The summed E-state index contributed by atoms with van der Waals surface area (Å²) in [6.45, 7) is 5.45. The Labute approximate surface area is 155 Å². The highest BCUT2D eigenvalue weighted by molar-refractivity contribution is 6.30. The fraction of sp³-hybridized carbons (Fsp3) is 0.647. The van der Waals surface area contributed by atoms with Crippen LogP contribution in [0.4, 0.5) is 18.0 Å². The lowest BCUT2D eigenvalue weighted by Gasteiger charge is -2.42. The van der Waals surface area contributed by atoms with Gasteiger partial charge in [-0.15, -0.1) is 0 Å². The van der Waals surface area contributed by atoms with Gasteiger partial charge in [-0.2, -0.15) is 13.2 Å². The van der Waals surface area contributed by atoms with Gasteiger partial charge in [-0.05, 0) is 39.7 Å². The molecule has 0 spiro atoms. The summed E-state index contributed by atoms with van der Waals surface area (Å²) < 4.78 is 51.4. The van der Waals surface area contributed by atoms with Gasteiger partial charge in [0, 0.05) is 19.9 Å². The van der Waals surface area contributed by atoms with E-state index in [1.807, 2.05) is 0 Å². The second-order valence-corrected chi connectivity index (χ2v) is 7.69. The van der Waals surface area contributed by atoms with E-state index in [-0.39, 0.29) is 17.3 Å². The molecule has 1 atom stereocenters. The number of hydrogen-bond acceptors (Lipinski definition) is 4. The van der Waals surface area contributed by atoms with Crippen LogP contribution in [0.3, 0.4) is 0 Å². The van der Waals surface area contributed by atoms with Gasteiger partial charge >= 0.3 is 12.3 Å². The molecule has 2 rings (SSSR count). The van der Waals surface area contributed by atoms with E-state index in [2.05, 4.69) is 4.98 Å². The van der Waals surface area contributed by atoms with Crippen LogP contribution in [0.15, 0.2) is 12.3 Å². The van der Waals surface area contributed by atoms with E-state index in [1.165, 1.54) is 12.0 Å². The number of piperidine rings is 1.